The first-order chi connectivity index (χ1) is 11.5. The number of hydrogen-bond donors (Lipinski definition) is 0. The second-order valence-electron chi connectivity index (χ2n) is 5.71. The summed E-state index contributed by atoms with van der Waals surface area (Å²) in [5.41, 5.74) is 2.99. The number of rotatable bonds is 5. The minimum atomic E-state index is -3.36. The fourth-order valence-electron chi connectivity index (χ4n) is 2.79. The molecule has 0 bridgehead atoms. The predicted octanol–water partition coefficient (Wildman–Crippen LogP) is 4.36. The molecule has 0 radical (unpaired) electrons. The van der Waals surface area contributed by atoms with Crippen molar-refractivity contribution in [3.8, 4) is 22.4 Å². The Morgan fingerprint density at radius 1 is 1.00 bits per heavy atom. The van der Waals surface area contributed by atoms with Gasteiger partial charge in [-0.2, -0.15) is 0 Å². The number of sulfone groups is 1. The Labute approximate surface area is 142 Å². The van der Waals surface area contributed by atoms with Crippen molar-refractivity contribution in [2.24, 2.45) is 0 Å². The lowest BCUT2D eigenvalue weighted by Gasteiger charge is -2.09. The molecule has 4 nitrogen and oxygen atoms in total. The summed E-state index contributed by atoms with van der Waals surface area (Å²) < 4.78 is 30.0. The molecule has 3 rings (SSSR count). The summed E-state index contributed by atoms with van der Waals surface area (Å²) in [5.74, 6) is 0.715. The van der Waals surface area contributed by atoms with E-state index >= 15 is 0 Å². The van der Waals surface area contributed by atoms with E-state index in [9.17, 15) is 8.42 Å². The van der Waals surface area contributed by atoms with Gasteiger partial charge >= 0.3 is 0 Å². The monoisotopic (exact) mass is 341 g/mol. The standard InChI is InChI=1S/C19H19NO3S/c1-3-9-16-18(15-12-7-8-13-17(15)24(2,21)22)19(20-23-16)14-10-5-4-6-11-14/h4-8,10-13H,3,9H2,1-2H3. The van der Waals surface area contributed by atoms with Gasteiger partial charge in [-0.25, -0.2) is 8.42 Å². The van der Waals surface area contributed by atoms with Crippen LogP contribution in [0.4, 0.5) is 0 Å². The van der Waals surface area contributed by atoms with Crippen molar-refractivity contribution in [3.05, 3.63) is 60.4 Å². The maximum atomic E-state index is 12.2. The molecule has 0 aliphatic carbocycles. The molecule has 0 aliphatic rings. The van der Waals surface area contributed by atoms with E-state index in [1.54, 1.807) is 12.1 Å². The van der Waals surface area contributed by atoms with Gasteiger partial charge in [0.05, 0.1) is 10.5 Å². The Bertz CT molecular complexity index is 944. The van der Waals surface area contributed by atoms with Crippen molar-refractivity contribution in [1.82, 2.24) is 5.16 Å². The van der Waals surface area contributed by atoms with Gasteiger partial charge in [0.25, 0.3) is 0 Å². The maximum Gasteiger partial charge on any atom is 0.176 e. The smallest absolute Gasteiger partial charge is 0.176 e. The summed E-state index contributed by atoms with van der Waals surface area (Å²) >= 11 is 0. The minimum absolute atomic E-state index is 0.294. The zero-order chi connectivity index (χ0) is 17.2. The fourth-order valence-corrected chi connectivity index (χ4v) is 3.68. The van der Waals surface area contributed by atoms with E-state index in [4.69, 9.17) is 4.52 Å². The summed E-state index contributed by atoms with van der Waals surface area (Å²) in [6.45, 7) is 2.05. The zero-order valence-electron chi connectivity index (χ0n) is 13.7. The van der Waals surface area contributed by atoms with Gasteiger partial charge in [-0.1, -0.05) is 60.6 Å². The molecule has 2 aromatic carbocycles. The van der Waals surface area contributed by atoms with E-state index in [1.807, 2.05) is 42.5 Å². The Morgan fingerprint density at radius 2 is 1.67 bits per heavy atom. The molecule has 5 heteroatoms. The van der Waals surface area contributed by atoms with Gasteiger partial charge in [-0.15, -0.1) is 0 Å². The van der Waals surface area contributed by atoms with Gasteiger partial charge < -0.3 is 4.52 Å². The highest BCUT2D eigenvalue weighted by Crippen LogP contribution is 2.38. The topological polar surface area (TPSA) is 60.2 Å². The van der Waals surface area contributed by atoms with Crippen molar-refractivity contribution in [3.63, 3.8) is 0 Å². The third-order valence-electron chi connectivity index (χ3n) is 3.84. The molecule has 0 fully saturated rings. The van der Waals surface area contributed by atoms with E-state index in [-0.39, 0.29) is 0 Å². The van der Waals surface area contributed by atoms with Crippen molar-refractivity contribution in [2.45, 2.75) is 24.7 Å². The molecule has 24 heavy (non-hydrogen) atoms. The SMILES string of the molecule is CCCc1onc(-c2ccccc2)c1-c1ccccc1S(C)(=O)=O. The summed E-state index contributed by atoms with van der Waals surface area (Å²) in [4.78, 5) is 0.294. The van der Waals surface area contributed by atoms with Crippen LogP contribution in [0.5, 0.6) is 0 Å². The largest absolute Gasteiger partial charge is 0.360 e. The minimum Gasteiger partial charge on any atom is -0.360 e. The number of benzene rings is 2. The number of aryl methyl sites for hydroxylation is 1. The van der Waals surface area contributed by atoms with Crippen LogP contribution >= 0.6 is 0 Å². The lowest BCUT2D eigenvalue weighted by Crippen LogP contribution is -2.01. The third kappa shape index (κ3) is 3.12. The second-order valence-corrected chi connectivity index (χ2v) is 7.70. The predicted molar refractivity (Wildman–Crippen MR) is 94.5 cm³/mol. The van der Waals surface area contributed by atoms with E-state index < -0.39 is 9.84 Å². The highest BCUT2D eigenvalue weighted by Gasteiger charge is 2.23. The average Bonchev–Trinajstić information content (AvgIpc) is 2.99. The molecule has 0 saturated carbocycles. The molecule has 124 valence electrons. The molecular formula is C19H19NO3S. The third-order valence-corrected chi connectivity index (χ3v) is 5.00. The maximum absolute atomic E-state index is 12.2. The molecule has 0 unspecified atom stereocenters. The van der Waals surface area contributed by atoms with Crippen molar-refractivity contribution >= 4 is 9.84 Å². The van der Waals surface area contributed by atoms with E-state index in [2.05, 4.69) is 12.1 Å². The lowest BCUT2D eigenvalue weighted by atomic mass is 9.97. The number of hydrogen-bond acceptors (Lipinski definition) is 4. The van der Waals surface area contributed by atoms with Crippen LogP contribution in [0.1, 0.15) is 19.1 Å². The van der Waals surface area contributed by atoms with Crippen molar-refractivity contribution < 1.29 is 12.9 Å². The van der Waals surface area contributed by atoms with Crippen LogP contribution in [0.15, 0.2) is 64.0 Å². The second kappa shape index (κ2) is 6.61. The van der Waals surface area contributed by atoms with Gasteiger partial charge in [0.15, 0.2) is 9.84 Å². The Hall–Kier alpha value is -2.40. The molecule has 0 aliphatic heterocycles. The Balaban J connectivity index is 2.30. The lowest BCUT2D eigenvalue weighted by molar-refractivity contribution is 0.385. The average molecular weight is 341 g/mol. The fraction of sp³-hybridized carbons (Fsp3) is 0.211. The molecule has 0 spiro atoms. The van der Waals surface area contributed by atoms with Crippen LogP contribution in [-0.2, 0) is 16.3 Å². The van der Waals surface area contributed by atoms with E-state index in [1.165, 1.54) is 6.26 Å². The normalized spacial score (nSPS) is 11.6. The van der Waals surface area contributed by atoms with Crippen LogP contribution in [-0.4, -0.2) is 19.8 Å². The van der Waals surface area contributed by atoms with Gasteiger partial charge in [-0.3, -0.25) is 0 Å². The summed E-state index contributed by atoms with van der Waals surface area (Å²) in [5, 5.41) is 4.23. The van der Waals surface area contributed by atoms with Gasteiger partial charge in [0, 0.05) is 23.8 Å². The molecule has 0 atom stereocenters. The Kier molecular flexibility index (Phi) is 4.53. The molecule has 0 saturated heterocycles. The Morgan fingerprint density at radius 3 is 2.33 bits per heavy atom. The first-order valence-corrected chi connectivity index (χ1v) is 9.75. The van der Waals surface area contributed by atoms with E-state index in [0.29, 0.717) is 28.3 Å². The van der Waals surface area contributed by atoms with Crippen LogP contribution < -0.4 is 0 Å². The van der Waals surface area contributed by atoms with Crippen molar-refractivity contribution in [2.75, 3.05) is 6.26 Å². The summed E-state index contributed by atoms with van der Waals surface area (Å²) in [6, 6.07) is 16.7. The zero-order valence-corrected chi connectivity index (χ0v) is 14.5. The molecule has 3 aromatic rings. The number of aromatic nitrogens is 1. The molecule has 0 N–H and O–H groups in total. The summed E-state index contributed by atoms with van der Waals surface area (Å²) in [6.07, 6.45) is 2.81. The van der Waals surface area contributed by atoms with Gasteiger partial charge in [0.1, 0.15) is 11.5 Å². The van der Waals surface area contributed by atoms with Crippen LogP contribution in [0.3, 0.4) is 0 Å². The van der Waals surface area contributed by atoms with Crippen LogP contribution in [0.2, 0.25) is 0 Å². The summed E-state index contributed by atoms with van der Waals surface area (Å²) in [7, 11) is -3.36. The van der Waals surface area contributed by atoms with Gasteiger partial charge in [0.2, 0.25) is 0 Å². The molecule has 0 amide bonds. The number of nitrogens with zero attached hydrogens (tertiary/aromatic N) is 1. The van der Waals surface area contributed by atoms with Gasteiger partial charge in [-0.05, 0) is 12.5 Å². The highest BCUT2D eigenvalue weighted by atomic mass is 32.2. The first kappa shape index (κ1) is 16.5. The highest BCUT2D eigenvalue weighted by molar-refractivity contribution is 7.90. The first-order valence-electron chi connectivity index (χ1n) is 7.85. The van der Waals surface area contributed by atoms with Crippen molar-refractivity contribution in [1.29, 1.82) is 0 Å². The quantitative estimate of drug-likeness (QED) is 0.691. The van der Waals surface area contributed by atoms with Crippen LogP contribution in [0, 0.1) is 0 Å². The molecule has 1 aromatic heterocycles. The van der Waals surface area contributed by atoms with Crippen LogP contribution in [0.25, 0.3) is 22.4 Å². The molecular weight excluding hydrogens is 322 g/mol. The molecule has 1 heterocycles. The van der Waals surface area contributed by atoms with E-state index in [0.717, 1.165) is 17.5 Å².